The van der Waals surface area contributed by atoms with Gasteiger partial charge in [0.05, 0.1) is 11.4 Å². The van der Waals surface area contributed by atoms with Gasteiger partial charge in [0, 0.05) is 18.7 Å². The summed E-state index contributed by atoms with van der Waals surface area (Å²) in [5.41, 5.74) is 12.7. The number of benzene rings is 1. The lowest BCUT2D eigenvalue weighted by Crippen LogP contribution is -2.28. The van der Waals surface area contributed by atoms with E-state index in [-0.39, 0.29) is 23.6 Å². The molecule has 0 saturated heterocycles. The van der Waals surface area contributed by atoms with Gasteiger partial charge in [-0.1, -0.05) is 18.6 Å². The fourth-order valence-electron chi connectivity index (χ4n) is 3.13. The van der Waals surface area contributed by atoms with E-state index < -0.39 is 5.91 Å². The van der Waals surface area contributed by atoms with Crippen LogP contribution in [0.15, 0.2) is 36.5 Å². The lowest BCUT2D eigenvalue weighted by Gasteiger charge is -2.16. The third kappa shape index (κ3) is 3.46. The number of carbonyl (C=O) groups is 2. The van der Waals surface area contributed by atoms with Crippen molar-refractivity contribution in [1.82, 2.24) is 9.78 Å². The quantitative estimate of drug-likeness (QED) is 0.770. The fourth-order valence-corrected chi connectivity index (χ4v) is 3.13. The van der Waals surface area contributed by atoms with E-state index in [0.29, 0.717) is 17.8 Å². The van der Waals surface area contributed by atoms with Crippen molar-refractivity contribution in [3.8, 4) is 5.69 Å². The van der Waals surface area contributed by atoms with Gasteiger partial charge in [-0.05, 0) is 37.0 Å². The van der Waals surface area contributed by atoms with Crippen molar-refractivity contribution < 1.29 is 9.59 Å². The number of aromatic nitrogens is 2. The average molecular weight is 327 g/mol. The zero-order valence-corrected chi connectivity index (χ0v) is 13.3. The Balaban J connectivity index is 1.76. The van der Waals surface area contributed by atoms with E-state index in [0.717, 1.165) is 19.3 Å². The van der Waals surface area contributed by atoms with Crippen LogP contribution in [0.1, 0.15) is 36.2 Å². The highest BCUT2D eigenvalue weighted by Gasteiger charge is 2.26. The average Bonchev–Trinajstić information content (AvgIpc) is 3.18. The van der Waals surface area contributed by atoms with E-state index in [2.05, 4.69) is 10.4 Å². The lowest BCUT2D eigenvalue weighted by atomic mass is 10.00. The number of nitrogens with one attached hydrogen (secondary N) is 1. The van der Waals surface area contributed by atoms with Crippen LogP contribution in [-0.4, -0.2) is 27.6 Å². The van der Waals surface area contributed by atoms with Crippen molar-refractivity contribution in [2.45, 2.75) is 31.7 Å². The van der Waals surface area contributed by atoms with Crippen molar-refractivity contribution in [2.24, 2.45) is 17.4 Å². The molecule has 2 aromatic rings. The van der Waals surface area contributed by atoms with Crippen molar-refractivity contribution in [3.63, 3.8) is 0 Å². The molecule has 1 fully saturated rings. The van der Waals surface area contributed by atoms with Gasteiger partial charge in [0.2, 0.25) is 5.91 Å². The predicted molar refractivity (Wildman–Crippen MR) is 90.6 cm³/mol. The van der Waals surface area contributed by atoms with Gasteiger partial charge in [-0.15, -0.1) is 0 Å². The summed E-state index contributed by atoms with van der Waals surface area (Å²) in [6.45, 7) is 0. The van der Waals surface area contributed by atoms with Gasteiger partial charge in [-0.25, -0.2) is 4.68 Å². The minimum Gasteiger partial charge on any atom is -0.364 e. The van der Waals surface area contributed by atoms with E-state index in [4.69, 9.17) is 11.5 Å². The van der Waals surface area contributed by atoms with Crippen LogP contribution in [0, 0.1) is 5.92 Å². The summed E-state index contributed by atoms with van der Waals surface area (Å²) in [5.74, 6) is -0.416. The van der Waals surface area contributed by atoms with Crippen LogP contribution in [0.4, 0.5) is 5.69 Å². The van der Waals surface area contributed by atoms with Crippen LogP contribution >= 0.6 is 0 Å². The van der Waals surface area contributed by atoms with Crippen LogP contribution in [0.5, 0.6) is 0 Å². The number of rotatable bonds is 5. The molecule has 0 unspecified atom stereocenters. The first-order valence-corrected chi connectivity index (χ1v) is 8.05. The molecule has 5 N–H and O–H groups in total. The number of para-hydroxylation sites is 2. The topological polar surface area (TPSA) is 116 Å². The summed E-state index contributed by atoms with van der Waals surface area (Å²) in [6.07, 6.45) is 5.12. The summed E-state index contributed by atoms with van der Waals surface area (Å²) < 4.78 is 1.52. The molecule has 7 heteroatoms. The molecule has 7 nitrogen and oxygen atoms in total. The maximum Gasteiger partial charge on any atom is 0.269 e. The van der Waals surface area contributed by atoms with Crippen LogP contribution < -0.4 is 16.8 Å². The van der Waals surface area contributed by atoms with Crippen LogP contribution in [0.3, 0.4) is 0 Å². The molecular weight excluding hydrogens is 306 g/mol. The fraction of sp³-hybridized carbons (Fsp3) is 0.353. The van der Waals surface area contributed by atoms with Crippen molar-refractivity contribution in [1.29, 1.82) is 0 Å². The van der Waals surface area contributed by atoms with Crippen molar-refractivity contribution >= 4 is 17.5 Å². The number of anilines is 1. The molecule has 0 bridgehead atoms. The Labute approximate surface area is 140 Å². The first-order valence-electron chi connectivity index (χ1n) is 8.05. The number of primary amides is 1. The molecule has 0 radical (unpaired) electrons. The van der Waals surface area contributed by atoms with Gasteiger partial charge in [0.25, 0.3) is 5.91 Å². The van der Waals surface area contributed by atoms with Crippen molar-refractivity contribution in [3.05, 3.63) is 42.2 Å². The number of hydrogen-bond donors (Lipinski definition) is 3. The largest absolute Gasteiger partial charge is 0.364 e. The zero-order valence-electron chi connectivity index (χ0n) is 13.3. The Bertz CT molecular complexity index is 755. The van der Waals surface area contributed by atoms with Gasteiger partial charge in [-0.3, -0.25) is 9.59 Å². The van der Waals surface area contributed by atoms with Gasteiger partial charge in [-0.2, -0.15) is 5.10 Å². The molecule has 1 aromatic heterocycles. The Morgan fingerprint density at radius 2 is 2.04 bits per heavy atom. The molecule has 126 valence electrons. The molecule has 0 spiro atoms. The maximum absolute atomic E-state index is 12.3. The standard InChI is InChI=1S/C17H21N5O2/c18-12-5-3-4-11(12)10-16(23)20-13-6-1-2-7-15(13)22-9-8-14(21-22)17(19)24/h1-2,6-9,11-12H,3-5,10,18H2,(H2,19,24)(H,20,23)/t11-,12+/m0/s1. The van der Waals surface area contributed by atoms with Crippen LogP contribution in [0.25, 0.3) is 5.69 Å². The molecular formula is C17H21N5O2. The number of amides is 2. The maximum atomic E-state index is 12.3. The summed E-state index contributed by atoms with van der Waals surface area (Å²) in [5, 5.41) is 7.06. The van der Waals surface area contributed by atoms with E-state index >= 15 is 0 Å². The molecule has 2 atom stereocenters. The second-order valence-corrected chi connectivity index (χ2v) is 6.13. The van der Waals surface area contributed by atoms with E-state index in [1.807, 2.05) is 18.2 Å². The first kappa shape index (κ1) is 16.2. The van der Waals surface area contributed by atoms with Crippen molar-refractivity contribution in [2.75, 3.05) is 5.32 Å². The number of hydrogen-bond acceptors (Lipinski definition) is 4. The number of carbonyl (C=O) groups excluding carboxylic acids is 2. The highest BCUT2D eigenvalue weighted by molar-refractivity contribution is 5.93. The Morgan fingerprint density at radius 3 is 2.71 bits per heavy atom. The Hall–Kier alpha value is -2.67. The SMILES string of the molecule is NC(=O)c1ccn(-c2ccccc2NC(=O)C[C@@H]2CCC[C@H]2N)n1. The molecule has 1 saturated carbocycles. The summed E-state index contributed by atoms with van der Waals surface area (Å²) >= 11 is 0. The molecule has 0 aliphatic heterocycles. The number of nitrogens with zero attached hydrogens (tertiary/aromatic N) is 2. The zero-order chi connectivity index (χ0) is 17.1. The predicted octanol–water partition coefficient (Wildman–Crippen LogP) is 1.43. The molecule has 24 heavy (non-hydrogen) atoms. The summed E-state index contributed by atoms with van der Waals surface area (Å²) in [7, 11) is 0. The van der Waals surface area contributed by atoms with Gasteiger partial charge < -0.3 is 16.8 Å². The van der Waals surface area contributed by atoms with Gasteiger partial charge in [0.15, 0.2) is 0 Å². The third-order valence-electron chi connectivity index (χ3n) is 4.43. The van der Waals surface area contributed by atoms with E-state index in [1.54, 1.807) is 18.3 Å². The van der Waals surface area contributed by atoms with Gasteiger partial charge in [0.1, 0.15) is 5.69 Å². The summed E-state index contributed by atoms with van der Waals surface area (Å²) in [4.78, 5) is 23.5. The summed E-state index contributed by atoms with van der Waals surface area (Å²) in [6, 6.07) is 8.93. The van der Waals surface area contributed by atoms with Gasteiger partial charge >= 0.3 is 0 Å². The highest BCUT2D eigenvalue weighted by Crippen LogP contribution is 2.27. The smallest absolute Gasteiger partial charge is 0.269 e. The highest BCUT2D eigenvalue weighted by atomic mass is 16.2. The van der Waals surface area contributed by atoms with Crippen LogP contribution in [0.2, 0.25) is 0 Å². The number of nitrogens with two attached hydrogens (primary N) is 2. The minimum atomic E-state index is -0.592. The first-order chi connectivity index (χ1) is 11.5. The van der Waals surface area contributed by atoms with Crippen LogP contribution in [-0.2, 0) is 4.79 Å². The monoisotopic (exact) mass is 327 g/mol. The lowest BCUT2D eigenvalue weighted by molar-refractivity contribution is -0.117. The normalized spacial score (nSPS) is 20.0. The minimum absolute atomic E-state index is 0.0629. The van der Waals surface area contributed by atoms with E-state index in [1.165, 1.54) is 4.68 Å². The Kier molecular flexibility index (Phi) is 4.61. The second kappa shape index (κ2) is 6.84. The Morgan fingerprint density at radius 1 is 1.25 bits per heavy atom. The second-order valence-electron chi connectivity index (χ2n) is 6.13. The molecule has 1 aromatic carbocycles. The molecule has 1 aliphatic rings. The van der Waals surface area contributed by atoms with E-state index in [9.17, 15) is 9.59 Å². The molecule has 2 amide bonds. The molecule has 3 rings (SSSR count). The molecule has 1 heterocycles. The third-order valence-corrected chi connectivity index (χ3v) is 4.43. The molecule has 1 aliphatic carbocycles.